The van der Waals surface area contributed by atoms with Gasteiger partial charge in [-0.25, -0.2) is 0 Å². The van der Waals surface area contributed by atoms with Gasteiger partial charge < -0.3 is 10.0 Å². The largest absolute Gasteiger partial charge is 0.395 e. The topological polar surface area (TPSA) is 30.0 Å². The lowest BCUT2D eigenvalue weighted by atomic mass is 9.93. The highest BCUT2D eigenvalue weighted by atomic mass is 16.3. The number of likely N-dealkylation sites (tertiary alicyclic amines) is 1. The molecule has 2 saturated heterocycles. The van der Waals surface area contributed by atoms with Gasteiger partial charge in [-0.2, -0.15) is 0 Å². The molecule has 0 amide bonds. The van der Waals surface area contributed by atoms with E-state index in [4.69, 9.17) is 0 Å². The van der Waals surface area contributed by atoms with E-state index in [1.807, 2.05) is 0 Å². The summed E-state index contributed by atoms with van der Waals surface area (Å²) in [5.74, 6) is 0. The predicted octanol–water partition coefficient (Wildman–Crippen LogP) is 2.27. The Morgan fingerprint density at radius 1 is 0.913 bits per heavy atom. The molecule has 0 bridgehead atoms. The zero-order chi connectivity index (χ0) is 17.3. The van der Waals surface area contributed by atoms with Crippen LogP contribution < -0.4 is 0 Å². The van der Waals surface area contributed by atoms with Gasteiger partial charge in [-0.05, 0) is 52.1 Å². The fourth-order valence-corrected chi connectivity index (χ4v) is 4.20. The number of hydrogen-bond acceptors (Lipinski definition) is 4. The van der Waals surface area contributed by atoms with Crippen molar-refractivity contribution in [2.75, 3.05) is 45.9 Å². The molecule has 0 spiro atoms. The van der Waals surface area contributed by atoms with Gasteiger partial charge >= 0.3 is 0 Å². The van der Waals surface area contributed by atoms with Crippen LogP contribution >= 0.6 is 0 Å². The van der Waals surface area contributed by atoms with Crippen molar-refractivity contribution in [2.45, 2.75) is 72.0 Å². The molecule has 0 saturated carbocycles. The Balaban J connectivity index is 1.88. The van der Waals surface area contributed by atoms with Crippen LogP contribution in [0.5, 0.6) is 0 Å². The Kier molecular flexibility index (Phi) is 6.15. The Hall–Kier alpha value is -0.160. The van der Waals surface area contributed by atoms with Gasteiger partial charge in [0, 0.05) is 43.8 Å². The van der Waals surface area contributed by atoms with Gasteiger partial charge in [0.25, 0.3) is 0 Å². The van der Waals surface area contributed by atoms with Crippen LogP contribution in [0.4, 0.5) is 0 Å². The highest BCUT2D eigenvalue weighted by Crippen LogP contribution is 2.26. The number of aliphatic hydroxyl groups excluding tert-OH is 1. The first kappa shape index (κ1) is 19.2. The summed E-state index contributed by atoms with van der Waals surface area (Å²) in [5, 5.41) is 9.90. The third-order valence-corrected chi connectivity index (χ3v) is 5.41. The predicted molar refractivity (Wildman–Crippen MR) is 97.8 cm³/mol. The van der Waals surface area contributed by atoms with Crippen LogP contribution in [0, 0.1) is 5.41 Å². The summed E-state index contributed by atoms with van der Waals surface area (Å²) in [6.07, 6.45) is 2.50. The second kappa shape index (κ2) is 7.38. The van der Waals surface area contributed by atoms with E-state index in [0.29, 0.717) is 17.5 Å². The highest BCUT2D eigenvalue weighted by molar-refractivity contribution is 4.92. The smallest absolute Gasteiger partial charge is 0.0599 e. The van der Waals surface area contributed by atoms with Gasteiger partial charge in [0.2, 0.25) is 0 Å². The number of aliphatic hydroxyl groups is 1. The summed E-state index contributed by atoms with van der Waals surface area (Å²) >= 11 is 0. The van der Waals surface area contributed by atoms with Crippen molar-refractivity contribution in [1.82, 2.24) is 14.7 Å². The van der Waals surface area contributed by atoms with Crippen LogP contribution in [0.15, 0.2) is 0 Å². The molecule has 4 nitrogen and oxygen atoms in total. The number of piperazine rings is 1. The molecular formula is C19H39N3O. The third-order valence-electron chi connectivity index (χ3n) is 5.41. The van der Waals surface area contributed by atoms with E-state index in [0.717, 1.165) is 19.6 Å². The highest BCUT2D eigenvalue weighted by Gasteiger charge is 2.36. The first-order valence-corrected chi connectivity index (χ1v) is 9.44. The Morgan fingerprint density at radius 2 is 1.52 bits per heavy atom. The third kappa shape index (κ3) is 5.42. The van der Waals surface area contributed by atoms with Crippen LogP contribution in [0.2, 0.25) is 0 Å². The van der Waals surface area contributed by atoms with Gasteiger partial charge in [-0.1, -0.05) is 20.8 Å². The lowest BCUT2D eigenvalue weighted by Gasteiger charge is -2.50. The van der Waals surface area contributed by atoms with Crippen molar-refractivity contribution in [2.24, 2.45) is 5.41 Å². The molecule has 0 radical (unpaired) electrons. The molecule has 2 heterocycles. The zero-order valence-electron chi connectivity index (χ0n) is 16.3. The second-order valence-corrected chi connectivity index (χ2v) is 9.76. The van der Waals surface area contributed by atoms with Gasteiger partial charge in [0.1, 0.15) is 0 Å². The quantitative estimate of drug-likeness (QED) is 0.862. The summed E-state index contributed by atoms with van der Waals surface area (Å²) in [5.41, 5.74) is 0.592. The summed E-state index contributed by atoms with van der Waals surface area (Å²) < 4.78 is 0. The molecule has 0 aliphatic carbocycles. The lowest BCUT2D eigenvalue weighted by Crippen LogP contribution is -2.62. The monoisotopic (exact) mass is 325 g/mol. The Labute approximate surface area is 143 Å². The average Bonchev–Trinajstić information content (AvgIpc) is 2.45. The van der Waals surface area contributed by atoms with Crippen LogP contribution in [0.25, 0.3) is 0 Å². The van der Waals surface area contributed by atoms with Gasteiger partial charge in [-0.3, -0.25) is 9.80 Å². The molecule has 2 rings (SSSR count). The number of rotatable bonds is 3. The number of piperidine rings is 1. The van der Waals surface area contributed by atoms with Crippen molar-refractivity contribution < 1.29 is 5.11 Å². The van der Waals surface area contributed by atoms with Gasteiger partial charge in [-0.15, -0.1) is 0 Å². The molecule has 1 atom stereocenters. The normalized spacial score (nSPS) is 27.5. The molecule has 0 aromatic heterocycles. The van der Waals surface area contributed by atoms with Crippen molar-refractivity contribution in [1.29, 1.82) is 0 Å². The minimum absolute atomic E-state index is 0.204. The van der Waals surface area contributed by atoms with Gasteiger partial charge in [0.05, 0.1) is 6.61 Å². The van der Waals surface area contributed by atoms with E-state index < -0.39 is 0 Å². The molecule has 2 aliphatic rings. The average molecular weight is 326 g/mol. The first-order valence-electron chi connectivity index (χ1n) is 9.44. The van der Waals surface area contributed by atoms with Crippen LogP contribution in [0.1, 0.15) is 54.4 Å². The van der Waals surface area contributed by atoms with Crippen molar-refractivity contribution in [3.8, 4) is 0 Å². The van der Waals surface area contributed by atoms with Crippen LogP contribution in [-0.2, 0) is 0 Å². The summed E-state index contributed by atoms with van der Waals surface area (Å²) in [4.78, 5) is 7.76. The minimum Gasteiger partial charge on any atom is -0.395 e. The maximum atomic E-state index is 9.90. The Bertz CT molecular complexity index is 364. The maximum Gasteiger partial charge on any atom is 0.0599 e. The molecule has 0 aromatic rings. The van der Waals surface area contributed by atoms with Gasteiger partial charge in [0.15, 0.2) is 0 Å². The zero-order valence-corrected chi connectivity index (χ0v) is 16.3. The molecule has 0 aromatic carbocycles. The Morgan fingerprint density at radius 3 is 2.00 bits per heavy atom. The van der Waals surface area contributed by atoms with Crippen molar-refractivity contribution in [3.63, 3.8) is 0 Å². The molecular weight excluding hydrogens is 286 g/mol. The second-order valence-electron chi connectivity index (χ2n) is 9.76. The van der Waals surface area contributed by atoms with E-state index in [-0.39, 0.29) is 12.1 Å². The first-order chi connectivity index (χ1) is 10.6. The molecule has 4 heteroatoms. The molecule has 136 valence electrons. The van der Waals surface area contributed by atoms with E-state index in [9.17, 15) is 5.11 Å². The van der Waals surface area contributed by atoms with Crippen molar-refractivity contribution in [3.05, 3.63) is 0 Å². The maximum absolute atomic E-state index is 9.90. The fraction of sp³-hybridized carbons (Fsp3) is 1.00. The summed E-state index contributed by atoms with van der Waals surface area (Å²) in [6, 6.07) is 0.965. The van der Waals surface area contributed by atoms with E-state index in [1.165, 1.54) is 32.5 Å². The van der Waals surface area contributed by atoms with E-state index >= 15 is 0 Å². The fourth-order valence-electron chi connectivity index (χ4n) is 4.20. The van der Waals surface area contributed by atoms with E-state index in [2.05, 4.69) is 56.2 Å². The molecule has 1 N–H and O–H groups in total. The van der Waals surface area contributed by atoms with Crippen molar-refractivity contribution >= 4 is 0 Å². The summed E-state index contributed by atoms with van der Waals surface area (Å²) in [7, 11) is 0. The standard InChI is InChI=1S/C19H39N3O/c1-18(2,3)15-20-9-7-16(8-10-20)22-12-11-21(19(4,5)6)13-17(22)14-23/h16-17,23H,7-15H2,1-6H3/t17-/m1/s1. The molecule has 2 fully saturated rings. The number of nitrogens with zero attached hydrogens (tertiary/aromatic N) is 3. The van der Waals surface area contributed by atoms with Crippen LogP contribution in [0.3, 0.4) is 0 Å². The molecule has 0 unspecified atom stereocenters. The lowest BCUT2D eigenvalue weighted by molar-refractivity contribution is -0.0346. The minimum atomic E-state index is 0.204. The van der Waals surface area contributed by atoms with E-state index in [1.54, 1.807) is 0 Å². The molecule has 2 aliphatic heterocycles. The summed E-state index contributed by atoms with van der Waals surface area (Å²) in [6.45, 7) is 20.9. The molecule has 23 heavy (non-hydrogen) atoms. The number of hydrogen-bond donors (Lipinski definition) is 1. The van der Waals surface area contributed by atoms with Crippen LogP contribution in [-0.4, -0.2) is 83.3 Å². The SMILES string of the molecule is CC(C)(C)CN1CCC(N2CCN(C(C)(C)C)C[C@@H]2CO)CC1.